The molecule has 0 unspecified atom stereocenters. The van der Waals surface area contributed by atoms with Gasteiger partial charge in [-0.05, 0) is 42.1 Å². The SMILES string of the molecule is CNC(=S)N1NC(c2ccc(Br)cc2)=C[C@H]1c1ccccc1F. The standard InChI is InChI=1S/C17H15BrFN3S/c1-20-17(23)22-16(13-4-2-3-5-14(13)19)10-15(21-22)11-6-8-12(18)9-7-11/h2-10,16,21H,1H3,(H,20,23)/t16-/m0/s1. The van der Waals surface area contributed by atoms with Crippen LogP contribution in [0.4, 0.5) is 4.39 Å². The average Bonchev–Trinajstić information content (AvgIpc) is 3.00. The van der Waals surface area contributed by atoms with E-state index in [0.29, 0.717) is 10.7 Å². The van der Waals surface area contributed by atoms with Crippen LogP contribution in [0.25, 0.3) is 5.70 Å². The largest absolute Gasteiger partial charge is 0.364 e. The predicted molar refractivity (Wildman–Crippen MR) is 97.9 cm³/mol. The highest BCUT2D eigenvalue weighted by atomic mass is 79.9. The van der Waals surface area contributed by atoms with Crippen LogP contribution in [0.1, 0.15) is 17.2 Å². The fourth-order valence-corrected chi connectivity index (χ4v) is 2.92. The Kier molecular flexibility index (Phi) is 4.63. The van der Waals surface area contributed by atoms with Crippen molar-refractivity contribution in [3.8, 4) is 0 Å². The van der Waals surface area contributed by atoms with Gasteiger partial charge in [-0.15, -0.1) is 0 Å². The molecule has 0 bridgehead atoms. The summed E-state index contributed by atoms with van der Waals surface area (Å²) in [6.45, 7) is 0. The van der Waals surface area contributed by atoms with Crippen molar-refractivity contribution in [3.63, 3.8) is 0 Å². The lowest BCUT2D eigenvalue weighted by atomic mass is 10.0. The Balaban J connectivity index is 2.00. The van der Waals surface area contributed by atoms with Crippen LogP contribution in [0.2, 0.25) is 0 Å². The van der Waals surface area contributed by atoms with E-state index in [9.17, 15) is 4.39 Å². The van der Waals surface area contributed by atoms with E-state index in [4.69, 9.17) is 12.2 Å². The number of nitrogens with one attached hydrogen (secondary N) is 2. The molecule has 118 valence electrons. The molecule has 0 spiro atoms. The van der Waals surface area contributed by atoms with Gasteiger partial charge in [0.2, 0.25) is 0 Å². The van der Waals surface area contributed by atoms with Gasteiger partial charge in [0.05, 0.1) is 5.70 Å². The molecule has 2 N–H and O–H groups in total. The van der Waals surface area contributed by atoms with Crippen LogP contribution < -0.4 is 10.7 Å². The number of rotatable bonds is 2. The number of benzene rings is 2. The first-order chi connectivity index (χ1) is 11.1. The molecular formula is C17H15BrFN3S. The molecule has 0 aromatic heterocycles. The molecule has 2 aromatic rings. The lowest BCUT2D eigenvalue weighted by Gasteiger charge is -2.27. The van der Waals surface area contributed by atoms with Gasteiger partial charge in [-0.2, -0.15) is 0 Å². The normalized spacial score (nSPS) is 16.7. The third kappa shape index (κ3) is 3.23. The zero-order valence-electron chi connectivity index (χ0n) is 12.4. The Morgan fingerprint density at radius 1 is 1.22 bits per heavy atom. The second kappa shape index (κ2) is 6.68. The fraction of sp³-hybridized carbons (Fsp3) is 0.118. The second-order valence-electron chi connectivity index (χ2n) is 5.09. The number of thiocarbonyl (C=S) groups is 1. The predicted octanol–water partition coefficient (Wildman–Crippen LogP) is 3.99. The lowest BCUT2D eigenvalue weighted by Crippen LogP contribution is -2.44. The fourth-order valence-electron chi connectivity index (χ4n) is 2.50. The number of nitrogens with zero attached hydrogens (tertiary/aromatic N) is 1. The van der Waals surface area contributed by atoms with Crippen LogP contribution in [0.3, 0.4) is 0 Å². The molecule has 6 heteroatoms. The molecule has 0 aliphatic carbocycles. The van der Waals surface area contributed by atoms with Crippen molar-refractivity contribution in [1.29, 1.82) is 0 Å². The number of hydrogen-bond donors (Lipinski definition) is 2. The van der Waals surface area contributed by atoms with E-state index >= 15 is 0 Å². The van der Waals surface area contributed by atoms with Gasteiger partial charge in [-0.1, -0.05) is 46.3 Å². The Hall–Kier alpha value is -1.92. The third-order valence-electron chi connectivity index (χ3n) is 3.66. The van der Waals surface area contributed by atoms with E-state index in [0.717, 1.165) is 15.7 Å². The Morgan fingerprint density at radius 2 is 1.91 bits per heavy atom. The highest BCUT2D eigenvalue weighted by Crippen LogP contribution is 2.32. The van der Waals surface area contributed by atoms with Crippen LogP contribution in [0.15, 0.2) is 59.1 Å². The molecule has 1 aliphatic heterocycles. The smallest absolute Gasteiger partial charge is 0.188 e. The summed E-state index contributed by atoms with van der Waals surface area (Å²) in [6.07, 6.45) is 1.98. The number of hydrazine groups is 1. The molecule has 0 amide bonds. The molecule has 3 rings (SSSR count). The van der Waals surface area contributed by atoms with Gasteiger partial charge in [0, 0.05) is 17.1 Å². The summed E-state index contributed by atoms with van der Waals surface area (Å²) < 4.78 is 15.2. The van der Waals surface area contributed by atoms with Gasteiger partial charge in [0.15, 0.2) is 5.11 Å². The van der Waals surface area contributed by atoms with E-state index in [1.54, 1.807) is 24.2 Å². The quantitative estimate of drug-likeness (QED) is 0.756. The minimum absolute atomic E-state index is 0.253. The summed E-state index contributed by atoms with van der Waals surface area (Å²) in [7, 11) is 1.75. The van der Waals surface area contributed by atoms with Crippen LogP contribution in [-0.4, -0.2) is 17.2 Å². The van der Waals surface area contributed by atoms with E-state index in [1.165, 1.54) is 6.07 Å². The number of halogens is 2. The highest BCUT2D eigenvalue weighted by molar-refractivity contribution is 9.10. The summed E-state index contributed by atoms with van der Waals surface area (Å²) >= 11 is 8.78. The molecule has 0 saturated heterocycles. The summed E-state index contributed by atoms with van der Waals surface area (Å²) in [6, 6.07) is 14.3. The monoisotopic (exact) mass is 391 g/mol. The molecule has 0 saturated carbocycles. The Labute approximate surface area is 148 Å². The van der Waals surface area contributed by atoms with Gasteiger partial charge < -0.3 is 5.32 Å². The Bertz CT molecular complexity index is 761. The molecule has 0 fully saturated rings. The zero-order valence-corrected chi connectivity index (χ0v) is 14.8. The summed E-state index contributed by atoms with van der Waals surface area (Å²) in [5.41, 5.74) is 5.74. The molecule has 3 nitrogen and oxygen atoms in total. The molecule has 1 atom stereocenters. The van der Waals surface area contributed by atoms with Crippen molar-refractivity contribution < 1.29 is 4.39 Å². The molecule has 0 radical (unpaired) electrons. The van der Waals surface area contributed by atoms with Gasteiger partial charge in [0.1, 0.15) is 11.9 Å². The minimum atomic E-state index is -0.310. The molecular weight excluding hydrogens is 377 g/mol. The lowest BCUT2D eigenvalue weighted by molar-refractivity contribution is 0.332. The molecule has 23 heavy (non-hydrogen) atoms. The maximum absolute atomic E-state index is 14.2. The number of hydrogen-bond acceptors (Lipinski definition) is 2. The van der Waals surface area contributed by atoms with Crippen molar-refractivity contribution in [1.82, 2.24) is 15.8 Å². The molecule has 2 aromatic carbocycles. The van der Waals surface area contributed by atoms with Crippen LogP contribution in [-0.2, 0) is 0 Å². The maximum Gasteiger partial charge on any atom is 0.188 e. The van der Waals surface area contributed by atoms with Crippen molar-refractivity contribution >= 4 is 39.0 Å². The first-order valence-corrected chi connectivity index (χ1v) is 8.30. The molecule has 1 heterocycles. The van der Waals surface area contributed by atoms with E-state index in [-0.39, 0.29) is 11.9 Å². The van der Waals surface area contributed by atoms with Gasteiger partial charge >= 0.3 is 0 Å². The van der Waals surface area contributed by atoms with Crippen molar-refractivity contribution in [2.45, 2.75) is 6.04 Å². The minimum Gasteiger partial charge on any atom is -0.364 e. The first-order valence-electron chi connectivity index (χ1n) is 7.10. The first kappa shape index (κ1) is 16.0. The van der Waals surface area contributed by atoms with Crippen LogP contribution in [0, 0.1) is 5.82 Å². The third-order valence-corrected chi connectivity index (χ3v) is 4.58. The summed E-state index contributed by atoms with van der Waals surface area (Å²) in [5, 5.41) is 5.20. The topological polar surface area (TPSA) is 27.3 Å². The highest BCUT2D eigenvalue weighted by Gasteiger charge is 2.30. The van der Waals surface area contributed by atoms with Crippen molar-refractivity contribution in [2.24, 2.45) is 0 Å². The summed E-state index contributed by atoms with van der Waals surface area (Å²) in [5.74, 6) is -0.253. The Morgan fingerprint density at radius 3 is 2.57 bits per heavy atom. The van der Waals surface area contributed by atoms with Crippen LogP contribution in [0.5, 0.6) is 0 Å². The zero-order chi connectivity index (χ0) is 16.4. The van der Waals surface area contributed by atoms with Crippen molar-refractivity contribution in [3.05, 3.63) is 76.0 Å². The van der Waals surface area contributed by atoms with E-state index in [2.05, 4.69) is 26.7 Å². The van der Waals surface area contributed by atoms with Crippen LogP contribution >= 0.6 is 28.1 Å². The van der Waals surface area contributed by atoms with Crippen molar-refractivity contribution in [2.75, 3.05) is 7.05 Å². The summed E-state index contributed by atoms with van der Waals surface area (Å²) in [4.78, 5) is 0. The second-order valence-corrected chi connectivity index (χ2v) is 6.39. The van der Waals surface area contributed by atoms with Gasteiger partial charge in [0.25, 0.3) is 0 Å². The average molecular weight is 392 g/mol. The maximum atomic E-state index is 14.2. The van der Waals surface area contributed by atoms with Gasteiger partial charge in [-0.25, -0.2) is 4.39 Å². The van der Waals surface area contributed by atoms with E-state index < -0.39 is 0 Å². The molecule has 1 aliphatic rings. The van der Waals surface area contributed by atoms with Gasteiger partial charge in [-0.3, -0.25) is 10.4 Å². The van der Waals surface area contributed by atoms with E-state index in [1.807, 2.05) is 36.4 Å².